The number of nitrogens with zero attached hydrogens (tertiary/aromatic N) is 2. The van der Waals surface area contributed by atoms with Crippen LogP contribution in [0.4, 0.5) is 5.69 Å². The van der Waals surface area contributed by atoms with Crippen molar-refractivity contribution in [3.05, 3.63) is 33.9 Å². The highest BCUT2D eigenvalue weighted by Gasteiger charge is 2.16. The smallest absolute Gasteiger partial charge is 0.311 e. The molecule has 0 aliphatic carbocycles. The molecule has 0 bridgehead atoms. The molecule has 1 rings (SSSR count). The van der Waals surface area contributed by atoms with Crippen molar-refractivity contribution < 1.29 is 9.66 Å². The van der Waals surface area contributed by atoms with Gasteiger partial charge in [-0.25, -0.2) is 0 Å². The van der Waals surface area contributed by atoms with Crippen LogP contribution in [0.2, 0.25) is 0 Å². The van der Waals surface area contributed by atoms with Crippen molar-refractivity contribution >= 4 is 5.69 Å². The van der Waals surface area contributed by atoms with Gasteiger partial charge < -0.3 is 4.74 Å². The first-order valence-corrected chi connectivity index (χ1v) is 5.31. The number of ether oxygens (including phenoxy) is 1. The highest BCUT2D eigenvalue weighted by atomic mass is 16.6. The molecule has 1 aromatic rings. The van der Waals surface area contributed by atoms with Gasteiger partial charge in [-0.05, 0) is 17.5 Å². The summed E-state index contributed by atoms with van der Waals surface area (Å²) in [5.74, 6) is 0.554. The molecular weight excluding hydrogens is 220 g/mol. The van der Waals surface area contributed by atoms with Crippen LogP contribution in [0.25, 0.3) is 0 Å². The standard InChI is InChI=1S/C12H14N2O3/c1-9(2)8-17-12-4-3-10(5-6-13)7-11(12)14(15)16/h3-4,7,9H,5,8H2,1-2H3. The van der Waals surface area contributed by atoms with E-state index in [1.165, 1.54) is 6.07 Å². The number of nitro benzene ring substituents is 1. The van der Waals surface area contributed by atoms with Gasteiger partial charge in [-0.15, -0.1) is 0 Å². The molecule has 5 nitrogen and oxygen atoms in total. The summed E-state index contributed by atoms with van der Waals surface area (Å²) < 4.78 is 5.37. The quantitative estimate of drug-likeness (QED) is 0.579. The van der Waals surface area contributed by atoms with E-state index in [4.69, 9.17) is 10.00 Å². The number of benzene rings is 1. The van der Waals surface area contributed by atoms with E-state index in [1.54, 1.807) is 12.1 Å². The lowest BCUT2D eigenvalue weighted by Crippen LogP contribution is -2.06. The topological polar surface area (TPSA) is 76.2 Å². The summed E-state index contributed by atoms with van der Waals surface area (Å²) >= 11 is 0. The lowest BCUT2D eigenvalue weighted by atomic mass is 10.1. The first-order valence-electron chi connectivity index (χ1n) is 5.31. The molecule has 0 aliphatic rings. The molecule has 0 atom stereocenters. The summed E-state index contributed by atoms with van der Waals surface area (Å²) in [5.41, 5.74) is 0.537. The molecule has 0 unspecified atom stereocenters. The van der Waals surface area contributed by atoms with Gasteiger partial charge in [0.15, 0.2) is 5.75 Å². The molecule has 0 saturated carbocycles. The number of hydrogen-bond acceptors (Lipinski definition) is 4. The average molecular weight is 234 g/mol. The van der Waals surface area contributed by atoms with E-state index in [9.17, 15) is 10.1 Å². The zero-order valence-electron chi connectivity index (χ0n) is 9.84. The molecule has 0 amide bonds. The van der Waals surface area contributed by atoms with Gasteiger partial charge in [0.1, 0.15) is 0 Å². The minimum atomic E-state index is -0.490. The van der Waals surface area contributed by atoms with Crippen molar-refractivity contribution in [1.82, 2.24) is 0 Å². The maximum Gasteiger partial charge on any atom is 0.311 e. The van der Waals surface area contributed by atoms with Crippen LogP contribution in [0, 0.1) is 27.4 Å². The number of rotatable bonds is 5. The van der Waals surface area contributed by atoms with Gasteiger partial charge in [0.05, 0.1) is 24.0 Å². The average Bonchev–Trinajstić information content (AvgIpc) is 2.27. The maximum absolute atomic E-state index is 10.9. The highest BCUT2D eigenvalue weighted by molar-refractivity contribution is 5.49. The second-order valence-corrected chi connectivity index (χ2v) is 4.10. The first kappa shape index (κ1) is 13.0. The predicted octanol–water partition coefficient (Wildman–Crippen LogP) is 2.70. The third kappa shape index (κ3) is 3.76. The third-order valence-corrected chi connectivity index (χ3v) is 2.08. The van der Waals surface area contributed by atoms with E-state index in [0.29, 0.717) is 18.1 Å². The normalized spacial score (nSPS) is 10.0. The summed E-state index contributed by atoms with van der Waals surface area (Å²) in [4.78, 5) is 10.4. The van der Waals surface area contributed by atoms with Crippen molar-refractivity contribution in [3.63, 3.8) is 0 Å². The van der Waals surface area contributed by atoms with E-state index < -0.39 is 4.92 Å². The van der Waals surface area contributed by atoms with Crippen LogP contribution in [0.15, 0.2) is 18.2 Å². The van der Waals surface area contributed by atoms with E-state index in [0.717, 1.165) is 0 Å². The lowest BCUT2D eigenvalue weighted by molar-refractivity contribution is -0.386. The molecule has 0 fully saturated rings. The molecule has 0 heterocycles. The number of hydrogen-bond donors (Lipinski definition) is 0. The second kappa shape index (κ2) is 5.85. The van der Waals surface area contributed by atoms with Gasteiger partial charge in [0, 0.05) is 6.07 Å². The van der Waals surface area contributed by atoms with Crippen LogP contribution in [-0.2, 0) is 6.42 Å². The molecule has 90 valence electrons. The molecule has 0 aromatic heterocycles. The van der Waals surface area contributed by atoms with Crippen LogP contribution >= 0.6 is 0 Å². The van der Waals surface area contributed by atoms with Crippen molar-refractivity contribution in [2.75, 3.05) is 6.61 Å². The Morgan fingerprint density at radius 1 is 1.53 bits per heavy atom. The van der Waals surface area contributed by atoms with Gasteiger partial charge in [0.2, 0.25) is 0 Å². The molecule has 0 spiro atoms. The predicted molar refractivity (Wildman–Crippen MR) is 62.7 cm³/mol. The van der Waals surface area contributed by atoms with Gasteiger partial charge in [-0.2, -0.15) is 5.26 Å². The Morgan fingerprint density at radius 2 is 2.24 bits per heavy atom. The van der Waals surface area contributed by atoms with E-state index in [1.807, 2.05) is 19.9 Å². The van der Waals surface area contributed by atoms with Crippen molar-refractivity contribution in [3.8, 4) is 11.8 Å². The SMILES string of the molecule is CC(C)COc1ccc(CC#N)cc1[N+](=O)[O-]. The Morgan fingerprint density at radius 3 is 2.76 bits per heavy atom. The molecule has 0 aliphatic heterocycles. The van der Waals surface area contributed by atoms with E-state index in [-0.39, 0.29) is 17.9 Å². The zero-order valence-corrected chi connectivity index (χ0v) is 9.84. The largest absolute Gasteiger partial charge is 0.487 e. The minimum Gasteiger partial charge on any atom is -0.487 e. The summed E-state index contributed by atoms with van der Waals surface area (Å²) in [6.07, 6.45) is 0.158. The molecule has 0 saturated heterocycles. The molecule has 1 aromatic carbocycles. The van der Waals surface area contributed by atoms with Crippen LogP contribution in [-0.4, -0.2) is 11.5 Å². The second-order valence-electron chi connectivity index (χ2n) is 4.10. The zero-order chi connectivity index (χ0) is 12.8. The van der Waals surface area contributed by atoms with Crippen LogP contribution < -0.4 is 4.74 Å². The summed E-state index contributed by atoms with van der Waals surface area (Å²) in [5, 5.41) is 19.4. The van der Waals surface area contributed by atoms with Crippen molar-refractivity contribution in [1.29, 1.82) is 5.26 Å². The minimum absolute atomic E-state index is 0.0848. The molecule has 0 radical (unpaired) electrons. The fraction of sp³-hybridized carbons (Fsp3) is 0.417. The van der Waals surface area contributed by atoms with Crippen molar-refractivity contribution in [2.45, 2.75) is 20.3 Å². The fourth-order valence-electron chi connectivity index (χ4n) is 1.29. The van der Waals surface area contributed by atoms with Crippen LogP contribution in [0.3, 0.4) is 0 Å². The molecular formula is C12H14N2O3. The lowest BCUT2D eigenvalue weighted by Gasteiger charge is -2.09. The molecule has 0 N–H and O–H groups in total. The monoisotopic (exact) mass is 234 g/mol. The Kier molecular flexibility index (Phi) is 4.46. The van der Waals surface area contributed by atoms with Gasteiger partial charge in [-0.3, -0.25) is 10.1 Å². The van der Waals surface area contributed by atoms with Gasteiger partial charge >= 0.3 is 5.69 Å². The molecule has 5 heteroatoms. The summed E-state index contributed by atoms with van der Waals surface area (Å²) in [6.45, 7) is 4.37. The number of nitro groups is 1. The molecule has 17 heavy (non-hydrogen) atoms. The Bertz CT molecular complexity index is 450. The Hall–Kier alpha value is -2.09. The van der Waals surface area contributed by atoms with Crippen LogP contribution in [0.1, 0.15) is 19.4 Å². The summed E-state index contributed by atoms with van der Waals surface area (Å²) in [6, 6.07) is 6.57. The van der Waals surface area contributed by atoms with E-state index >= 15 is 0 Å². The van der Waals surface area contributed by atoms with Crippen molar-refractivity contribution in [2.24, 2.45) is 5.92 Å². The fourth-order valence-corrected chi connectivity index (χ4v) is 1.29. The van der Waals surface area contributed by atoms with Gasteiger partial charge in [0.25, 0.3) is 0 Å². The highest BCUT2D eigenvalue weighted by Crippen LogP contribution is 2.28. The van der Waals surface area contributed by atoms with Gasteiger partial charge in [-0.1, -0.05) is 19.9 Å². The van der Waals surface area contributed by atoms with E-state index in [2.05, 4.69) is 0 Å². The Balaban J connectivity index is 2.97. The first-order chi connectivity index (χ1) is 8.04. The van der Waals surface area contributed by atoms with Crippen LogP contribution in [0.5, 0.6) is 5.75 Å². The third-order valence-electron chi connectivity index (χ3n) is 2.08. The number of nitriles is 1. The Labute approximate surface area is 99.8 Å². The maximum atomic E-state index is 10.9. The summed E-state index contributed by atoms with van der Waals surface area (Å²) in [7, 11) is 0.